The number of para-hydroxylation sites is 1. The summed E-state index contributed by atoms with van der Waals surface area (Å²) in [6.07, 6.45) is 2.08. The highest BCUT2D eigenvalue weighted by Gasteiger charge is 2.14. The van der Waals surface area contributed by atoms with Gasteiger partial charge >= 0.3 is 11.8 Å². The van der Waals surface area contributed by atoms with Crippen LogP contribution in [-0.2, 0) is 16.0 Å². The van der Waals surface area contributed by atoms with Crippen LogP contribution in [0.1, 0.15) is 18.1 Å². The largest absolute Gasteiger partial charge is 0.493 e. The van der Waals surface area contributed by atoms with E-state index in [-0.39, 0.29) is 0 Å². The Morgan fingerprint density at radius 3 is 2.56 bits per heavy atom. The number of hydrogen-bond donors (Lipinski definition) is 2. The Balaban J connectivity index is 2.02. The number of hydrazone groups is 1. The fourth-order valence-electron chi connectivity index (χ4n) is 2.36. The monoisotopic (exact) mass is 389 g/mol. The Hall–Kier alpha value is -3.06. The van der Waals surface area contributed by atoms with Gasteiger partial charge in [0, 0.05) is 5.69 Å². The number of halogens is 1. The van der Waals surface area contributed by atoms with Gasteiger partial charge in [0.2, 0.25) is 0 Å². The van der Waals surface area contributed by atoms with Crippen LogP contribution in [0.4, 0.5) is 5.69 Å². The number of aryl methyl sites for hydroxylation is 1. The molecule has 142 valence electrons. The van der Waals surface area contributed by atoms with E-state index in [4.69, 9.17) is 21.1 Å². The minimum Gasteiger partial charge on any atom is -0.493 e. The maximum atomic E-state index is 12.0. The number of amides is 2. The Morgan fingerprint density at radius 2 is 1.89 bits per heavy atom. The first-order chi connectivity index (χ1) is 13.0. The molecule has 2 N–H and O–H groups in total. The third-order valence-electron chi connectivity index (χ3n) is 3.69. The van der Waals surface area contributed by atoms with Crippen LogP contribution in [-0.4, -0.2) is 32.2 Å². The number of rotatable bonds is 6. The van der Waals surface area contributed by atoms with Crippen molar-refractivity contribution in [1.82, 2.24) is 5.43 Å². The van der Waals surface area contributed by atoms with E-state index in [2.05, 4.69) is 15.8 Å². The molecule has 0 bridgehead atoms. The number of nitrogens with one attached hydrogen (secondary N) is 2. The Bertz CT molecular complexity index is 868. The molecule has 0 aliphatic heterocycles. The number of carbonyl (C=O) groups is 2. The van der Waals surface area contributed by atoms with Crippen LogP contribution in [0, 0.1) is 0 Å². The summed E-state index contributed by atoms with van der Waals surface area (Å²) in [4.78, 5) is 23.9. The highest BCUT2D eigenvalue weighted by molar-refractivity contribution is 6.39. The fraction of sp³-hybridized carbons (Fsp3) is 0.211. The molecule has 0 aliphatic carbocycles. The molecule has 0 aromatic heterocycles. The molecule has 2 rings (SSSR count). The van der Waals surface area contributed by atoms with Crippen LogP contribution >= 0.6 is 11.6 Å². The molecular formula is C19H20ClN3O4. The van der Waals surface area contributed by atoms with Crippen molar-refractivity contribution in [3.05, 3.63) is 52.5 Å². The van der Waals surface area contributed by atoms with Crippen molar-refractivity contribution in [2.24, 2.45) is 5.10 Å². The van der Waals surface area contributed by atoms with Gasteiger partial charge in [-0.05, 0) is 35.7 Å². The lowest BCUT2D eigenvalue weighted by molar-refractivity contribution is -0.136. The smallest absolute Gasteiger partial charge is 0.329 e. The molecule has 2 aromatic rings. The van der Waals surface area contributed by atoms with Crippen molar-refractivity contribution < 1.29 is 19.1 Å². The van der Waals surface area contributed by atoms with Gasteiger partial charge in [-0.15, -0.1) is 0 Å². The average Bonchev–Trinajstić information content (AvgIpc) is 2.67. The van der Waals surface area contributed by atoms with Crippen molar-refractivity contribution >= 4 is 35.3 Å². The summed E-state index contributed by atoms with van der Waals surface area (Å²) >= 11 is 6.11. The molecule has 2 aromatic carbocycles. The van der Waals surface area contributed by atoms with E-state index < -0.39 is 11.8 Å². The van der Waals surface area contributed by atoms with Crippen LogP contribution in [0.25, 0.3) is 0 Å². The molecule has 0 saturated heterocycles. The summed E-state index contributed by atoms with van der Waals surface area (Å²) in [6, 6.07) is 10.5. The zero-order valence-corrected chi connectivity index (χ0v) is 16.0. The number of carbonyl (C=O) groups excluding carboxylic acids is 2. The second kappa shape index (κ2) is 9.59. The molecule has 0 radical (unpaired) electrons. The SMILES string of the molecule is CCc1ccccc1NC(=O)C(=O)N/N=C\c1cc(Cl)c(OC)c(OC)c1. The highest BCUT2D eigenvalue weighted by atomic mass is 35.5. The lowest BCUT2D eigenvalue weighted by Gasteiger charge is -2.10. The number of ether oxygens (including phenoxy) is 2. The van der Waals surface area contributed by atoms with Crippen molar-refractivity contribution in [3.63, 3.8) is 0 Å². The molecule has 0 heterocycles. The molecule has 0 spiro atoms. The first-order valence-electron chi connectivity index (χ1n) is 8.14. The lowest BCUT2D eigenvalue weighted by atomic mass is 10.1. The van der Waals surface area contributed by atoms with E-state index in [1.165, 1.54) is 20.4 Å². The summed E-state index contributed by atoms with van der Waals surface area (Å²) in [5.74, 6) is -0.872. The van der Waals surface area contributed by atoms with Crippen molar-refractivity contribution in [3.8, 4) is 11.5 Å². The van der Waals surface area contributed by atoms with Gasteiger partial charge in [0.15, 0.2) is 11.5 Å². The molecular weight excluding hydrogens is 370 g/mol. The molecule has 8 heteroatoms. The van der Waals surface area contributed by atoms with Crippen molar-refractivity contribution in [1.29, 1.82) is 0 Å². The molecule has 0 fully saturated rings. The number of methoxy groups -OCH3 is 2. The average molecular weight is 390 g/mol. The molecule has 0 unspecified atom stereocenters. The zero-order valence-electron chi connectivity index (χ0n) is 15.2. The summed E-state index contributed by atoms with van der Waals surface area (Å²) in [7, 11) is 2.96. The van der Waals surface area contributed by atoms with E-state index >= 15 is 0 Å². The van der Waals surface area contributed by atoms with Crippen molar-refractivity contribution in [2.75, 3.05) is 19.5 Å². The minimum absolute atomic E-state index is 0.332. The van der Waals surface area contributed by atoms with Crippen molar-refractivity contribution in [2.45, 2.75) is 13.3 Å². The van der Waals surface area contributed by atoms with Crippen LogP contribution < -0.4 is 20.2 Å². The first kappa shape index (κ1) is 20.3. The summed E-state index contributed by atoms with van der Waals surface area (Å²) < 4.78 is 10.3. The summed E-state index contributed by atoms with van der Waals surface area (Å²) in [5.41, 5.74) is 4.27. The maximum absolute atomic E-state index is 12.0. The van der Waals surface area contributed by atoms with E-state index in [0.29, 0.717) is 27.8 Å². The molecule has 2 amide bonds. The predicted octanol–water partition coefficient (Wildman–Crippen LogP) is 3.01. The number of nitrogens with zero attached hydrogens (tertiary/aromatic N) is 1. The Labute approximate surface area is 162 Å². The van der Waals surface area contributed by atoms with Gasteiger partial charge in [0.25, 0.3) is 0 Å². The van der Waals surface area contributed by atoms with Crippen LogP contribution in [0.3, 0.4) is 0 Å². The second-order valence-electron chi connectivity index (χ2n) is 5.40. The number of anilines is 1. The van der Waals surface area contributed by atoms with Crippen LogP contribution in [0.2, 0.25) is 5.02 Å². The van der Waals surface area contributed by atoms with Crippen LogP contribution in [0.15, 0.2) is 41.5 Å². The third kappa shape index (κ3) is 5.21. The van der Waals surface area contributed by atoms with Crippen LogP contribution in [0.5, 0.6) is 11.5 Å². The first-order valence-corrected chi connectivity index (χ1v) is 8.51. The highest BCUT2D eigenvalue weighted by Crippen LogP contribution is 2.35. The standard InChI is InChI=1S/C19H20ClN3O4/c1-4-13-7-5-6-8-15(13)22-18(24)19(25)23-21-11-12-9-14(20)17(27-3)16(10-12)26-2/h5-11H,4H2,1-3H3,(H,22,24)(H,23,25)/b21-11-. The van der Waals surface area contributed by atoms with Gasteiger partial charge in [-0.1, -0.05) is 36.7 Å². The van der Waals surface area contributed by atoms with E-state index in [9.17, 15) is 9.59 Å². The molecule has 0 aliphatic rings. The Kier molecular flexibility index (Phi) is 7.19. The van der Waals surface area contributed by atoms with Gasteiger partial charge in [-0.3, -0.25) is 9.59 Å². The fourth-order valence-corrected chi connectivity index (χ4v) is 2.65. The summed E-state index contributed by atoms with van der Waals surface area (Å²) in [5, 5.41) is 6.68. The van der Waals surface area contributed by atoms with Gasteiger partial charge in [0.1, 0.15) is 0 Å². The normalized spacial score (nSPS) is 10.5. The molecule has 0 atom stereocenters. The molecule has 0 saturated carbocycles. The van der Waals surface area contributed by atoms with E-state index in [1.807, 2.05) is 19.1 Å². The molecule has 7 nitrogen and oxygen atoms in total. The second-order valence-corrected chi connectivity index (χ2v) is 5.81. The van der Waals surface area contributed by atoms with E-state index in [1.54, 1.807) is 24.3 Å². The minimum atomic E-state index is -0.885. The number of benzene rings is 2. The lowest BCUT2D eigenvalue weighted by Crippen LogP contribution is -2.32. The summed E-state index contributed by atoms with van der Waals surface area (Å²) in [6.45, 7) is 1.96. The predicted molar refractivity (Wildman–Crippen MR) is 105 cm³/mol. The van der Waals surface area contributed by atoms with Gasteiger partial charge in [-0.2, -0.15) is 5.10 Å². The number of hydrogen-bond acceptors (Lipinski definition) is 5. The van der Waals surface area contributed by atoms with Gasteiger partial charge in [0.05, 0.1) is 25.5 Å². The zero-order chi connectivity index (χ0) is 19.8. The maximum Gasteiger partial charge on any atom is 0.329 e. The third-order valence-corrected chi connectivity index (χ3v) is 3.97. The van der Waals surface area contributed by atoms with Gasteiger partial charge in [-0.25, -0.2) is 5.43 Å². The van der Waals surface area contributed by atoms with E-state index in [0.717, 1.165) is 12.0 Å². The Morgan fingerprint density at radius 1 is 1.15 bits per heavy atom. The van der Waals surface area contributed by atoms with Gasteiger partial charge < -0.3 is 14.8 Å². The molecule has 27 heavy (non-hydrogen) atoms. The quantitative estimate of drug-likeness (QED) is 0.451. The topological polar surface area (TPSA) is 89.0 Å².